The summed E-state index contributed by atoms with van der Waals surface area (Å²) in [7, 11) is 3.25. The maximum Gasteiger partial charge on any atom is 0.234 e. The molecular weight excluding hydrogens is 252 g/mol. The molecule has 0 aliphatic carbocycles. The van der Waals surface area contributed by atoms with E-state index in [9.17, 15) is 0 Å². The maximum absolute atomic E-state index is 5.36. The van der Waals surface area contributed by atoms with Gasteiger partial charge in [-0.2, -0.15) is 9.61 Å². The Morgan fingerprint density at radius 3 is 2.83 bits per heavy atom. The van der Waals surface area contributed by atoms with Crippen LogP contribution in [0.4, 0.5) is 0 Å². The van der Waals surface area contributed by atoms with E-state index in [2.05, 4.69) is 15.3 Å². The Bertz CT molecular complexity index is 663. The topological polar surface area (TPSA) is 61.5 Å². The lowest BCUT2D eigenvalue weighted by Gasteiger charge is -2.07. The summed E-state index contributed by atoms with van der Waals surface area (Å²) in [6.07, 6.45) is 1.57. The lowest BCUT2D eigenvalue weighted by Crippen LogP contribution is -1.90. The van der Waals surface area contributed by atoms with Gasteiger partial charge >= 0.3 is 0 Å². The molecule has 3 rings (SSSR count). The zero-order valence-electron chi connectivity index (χ0n) is 9.82. The average molecular weight is 262 g/mol. The Labute approximate surface area is 107 Å². The van der Waals surface area contributed by atoms with Crippen LogP contribution in [0.1, 0.15) is 0 Å². The van der Waals surface area contributed by atoms with Crippen LogP contribution in [0.25, 0.3) is 15.5 Å². The molecule has 0 aliphatic rings. The number of methoxy groups -OCH3 is 2. The van der Waals surface area contributed by atoms with E-state index < -0.39 is 0 Å². The van der Waals surface area contributed by atoms with E-state index in [0.717, 1.165) is 27.0 Å². The third-order valence-electron chi connectivity index (χ3n) is 2.53. The summed E-state index contributed by atoms with van der Waals surface area (Å²) in [6, 6.07) is 5.63. The van der Waals surface area contributed by atoms with E-state index in [1.807, 2.05) is 18.2 Å². The van der Waals surface area contributed by atoms with Crippen LogP contribution in [0, 0.1) is 0 Å². The minimum atomic E-state index is 0.722. The third kappa shape index (κ3) is 1.68. The summed E-state index contributed by atoms with van der Waals surface area (Å²) in [5, 5.41) is 13.0. The molecule has 1 aromatic carbocycles. The second kappa shape index (κ2) is 4.26. The molecule has 92 valence electrons. The van der Waals surface area contributed by atoms with Crippen molar-refractivity contribution in [2.24, 2.45) is 0 Å². The van der Waals surface area contributed by atoms with E-state index in [1.54, 1.807) is 25.1 Å². The molecule has 0 unspecified atom stereocenters. The Hall–Kier alpha value is -2.15. The van der Waals surface area contributed by atoms with E-state index in [1.165, 1.54) is 11.3 Å². The molecule has 2 aromatic heterocycles. The van der Waals surface area contributed by atoms with E-state index >= 15 is 0 Å². The summed E-state index contributed by atoms with van der Waals surface area (Å²) in [6.45, 7) is 0. The van der Waals surface area contributed by atoms with Crippen LogP contribution in [0.5, 0.6) is 11.5 Å². The summed E-state index contributed by atoms with van der Waals surface area (Å²) in [5.74, 6) is 1.47. The molecule has 0 saturated carbocycles. The number of aromatic nitrogens is 4. The van der Waals surface area contributed by atoms with Gasteiger partial charge in [-0.25, -0.2) is 0 Å². The molecular formula is C11H10N4O2S. The largest absolute Gasteiger partial charge is 0.497 e. The second-order valence-corrected chi connectivity index (χ2v) is 4.49. The van der Waals surface area contributed by atoms with Crippen molar-refractivity contribution in [2.45, 2.75) is 0 Å². The number of fused-ring (bicyclic) bond motifs is 1. The smallest absolute Gasteiger partial charge is 0.234 e. The fourth-order valence-electron chi connectivity index (χ4n) is 1.64. The van der Waals surface area contributed by atoms with E-state index in [0.29, 0.717) is 0 Å². The molecule has 7 heteroatoms. The number of benzene rings is 1. The number of hydrogen-bond donors (Lipinski definition) is 0. The first-order valence-corrected chi connectivity index (χ1v) is 6.02. The highest BCUT2D eigenvalue weighted by atomic mass is 32.1. The van der Waals surface area contributed by atoms with Crippen molar-refractivity contribution in [3.05, 3.63) is 24.5 Å². The Morgan fingerprint density at radius 2 is 2.11 bits per heavy atom. The summed E-state index contributed by atoms with van der Waals surface area (Å²) in [5.41, 5.74) is 0.911. The first-order valence-electron chi connectivity index (χ1n) is 5.21. The summed E-state index contributed by atoms with van der Waals surface area (Å²) >= 11 is 1.46. The molecule has 0 bridgehead atoms. The van der Waals surface area contributed by atoms with Crippen molar-refractivity contribution >= 4 is 16.3 Å². The molecule has 0 spiro atoms. The third-order valence-corrected chi connectivity index (χ3v) is 3.47. The van der Waals surface area contributed by atoms with Crippen LogP contribution in [0.15, 0.2) is 24.5 Å². The predicted octanol–water partition coefficient (Wildman–Crippen LogP) is 1.87. The molecule has 0 fully saturated rings. The van der Waals surface area contributed by atoms with Gasteiger partial charge in [0, 0.05) is 6.07 Å². The van der Waals surface area contributed by atoms with E-state index in [4.69, 9.17) is 9.47 Å². The van der Waals surface area contributed by atoms with Gasteiger partial charge in [-0.05, 0) is 12.1 Å². The van der Waals surface area contributed by atoms with Crippen molar-refractivity contribution in [2.75, 3.05) is 14.2 Å². The zero-order valence-corrected chi connectivity index (χ0v) is 10.6. The highest BCUT2D eigenvalue weighted by molar-refractivity contribution is 7.19. The van der Waals surface area contributed by atoms with Gasteiger partial charge in [0.05, 0.1) is 19.8 Å². The molecule has 0 aliphatic heterocycles. The van der Waals surface area contributed by atoms with Gasteiger partial charge in [0.2, 0.25) is 4.96 Å². The molecule has 0 saturated heterocycles. The zero-order chi connectivity index (χ0) is 12.5. The van der Waals surface area contributed by atoms with Gasteiger partial charge in [0.1, 0.15) is 17.8 Å². The summed E-state index contributed by atoms with van der Waals surface area (Å²) in [4.78, 5) is 0.753. The average Bonchev–Trinajstić information content (AvgIpc) is 2.98. The standard InChI is InChI=1S/C11H10N4O2S/c1-16-7-3-4-8(9(5-7)17-2)10-14-15-6-12-13-11(15)18-10/h3-6H,1-2H3. The van der Waals surface area contributed by atoms with Crippen LogP contribution in [0.3, 0.4) is 0 Å². The maximum atomic E-state index is 5.36. The molecule has 3 aromatic rings. The van der Waals surface area contributed by atoms with E-state index in [-0.39, 0.29) is 0 Å². The van der Waals surface area contributed by atoms with Gasteiger partial charge in [0.15, 0.2) is 5.01 Å². The van der Waals surface area contributed by atoms with Crippen LogP contribution < -0.4 is 9.47 Å². The fourth-order valence-corrected chi connectivity index (χ4v) is 2.49. The lowest BCUT2D eigenvalue weighted by molar-refractivity contribution is 0.395. The number of rotatable bonds is 3. The molecule has 0 atom stereocenters. The first kappa shape index (κ1) is 11.0. The molecule has 0 N–H and O–H groups in total. The fraction of sp³-hybridized carbons (Fsp3) is 0.182. The SMILES string of the molecule is COc1ccc(-c2nn3cnnc3s2)c(OC)c1. The van der Waals surface area contributed by atoms with Gasteiger partial charge < -0.3 is 9.47 Å². The predicted molar refractivity (Wildman–Crippen MR) is 67.2 cm³/mol. The van der Waals surface area contributed by atoms with Crippen LogP contribution in [-0.2, 0) is 0 Å². The Kier molecular flexibility index (Phi) is 2.60. The quantitative estimate of drug-likeness (QED) is 0.721. The van der Waals surface area contributed by atoms with Crippen LogP contribution in [-0.4, -0.2) is 34.0 Å². The van der Waals surface area contributed by atoms with Gasteiger partial charge in [-0.1, -0.05) is 11.3 Å². The minimum Gasteiger partial charge on any atom is -0.497 e. The van der Waals surface area contributed by atoms with Gasteiger partial charge in [0.25, 0.3) is 0 Å². The van der Waals surface area contributed by atoms with Gasteiger partial charge in [-0.3, -0.25) is 0 Å². The van der Waals surface area contributed by atoms with Gasteiger partial charge in [-0.15, -0.1) is 10.2 Å². The Balaban J connectivity index is 2.13. The molecule has 0 amide bonds. The highest BCUT2D eigenvalue weighted by Crippen LogP contribution is 2.35. The number of hydrogen-bond acceptors (Lipinski definition) is 6. The normalized spacial score (nSPS) is 10.8. The number of nitrogens with zero attached hydrogens (tertiary/aromatic N) is 4. The van der Waals surface area contributed by atoms with Crippen molar-refractivity contribution in [1.29, 1.82) is 0 Å². The highest BCUT2D eigenvalue weighted by Gasteiger charge is 2.13. The van der Waals surface area contributed by atoms with Crippen molar-refractivity contribution in [3.8, 4) is 22.1 Å². The first-order chi connectivity index (χ1) is 8.81. The second-order valence-electron chi connectivity index (χ2n) is 3.53. The monoisotopic (exact) mass is 262 g/mol. The van der Waals surface area contributed by atoms with Crippen molar-refractivity contribution < 1.29 is 9.47 Å². The molecule has 6 nitrogen and oxygen atoms in total. The lowest BCUT2D eigenvalue weighted by atomic mass is 10.2. The number of ether oxygens (including phenoxy) is 2. The Morgan fingerprint density at radius 1 is 1.22 bits per heavy atom. The van der Waals surface area contributed by atoms with Crippen molar-refractivity contribution in [3.63, 3.8) is 0 Å². The molecule has 2 heterocycles. The minimum absolute atomic E-state index is 0.722. The molecule has 18 heavy (non-hydrogen) atoms. The molecule has 0 radical (unpaired) electrons. The van der Waals surface area contributed by atoms with Crippen molar-refractivity contribution in [1.82, 2.24) is 19.8 Å². The summed E-state index contributed by atoms with van der Waals surface area (Å²) < 4.78 is 12.2. The van der Waals surface area contributed by atoms with Crippen LogP contribution in [0.2, 0.25) is 0 Å². The van der Waals surface area contributed by atoms with Crippen LogP contribution >= 0.6 is 11.3 Å².